The largest absolute Gasteiger partial charge is 0.481 e. The number of allylic oxidation sites excluding steroid dienone is 1. The van der Waals surface area contributed by atoms with E-state index in [1.165, 1.54) is 19.3 Å². The minimum absolute atomic E-state index is 0.340. The molecule has 0 amide bonds. The van der Waals surface area contributed by atoms with Crippen molar-refractivity contribution in [2.75, 3.05) is 19.6 Å². The molecule has 0 atom stereocenters. The maximum atomic E-state index is 10.4. The molecule has 1 heterocycles. The fraction of sp³-hybridized carbons (Fsp3) is 0.750. The molecule has 15 heavy (non-hydrogen) atoms. The first kappa shape index (κ1) is 12.2. The Kier molecular flexibility index (Phi) is 5.40. The number of likely N-dealkylation sites (tertiary alicyclic amines) is 1. The normalized spacial score (nSPS) is 17.3. The summed E-state index contributed by atoms with van der Waals surface area (Å²) in [6, 6.07) is 0. The second kappa shape index (κ2) is 6.62. The second-order valence-electron chi connectivity index (χ2n) is 4.36. The number of hydrogen-bond acceptors (Lipinski definition) is 2. The molecule has 1 aliphatic rings. The van der Waals surface area contributed by atoms with Crippen LogP contribution in [-0.4, -0.2) is 35.6 Å². The van der Waals surface area contributed by atoms with Crippen LogP contribution in [0.5, 0.6) is 0 Å². The van der Waals surface area contributed by atoms with Crippen LogP contribution in [0.15, 0.2) is 12.7 Å². The van der Waals surface area contributed by atoms with Gasteiger partial charge >= 0.3 is 5.97 Å². The van der Waals surface area contributed by atoms with Crippen LogP contribution < -0.4 is 0 Å². The predicted octanol–water partition coefficient (Wildman–Crippen LogP) is 2.14. The van der Waals surface area contributed by atoms with Crippen molar-refractivity contribution in [3.05, 3.63) is 12.7 Å². The van der Waals surface area contributed by atoms with Crippen LogP contribution in [0.25, 0.3) is 0 Å². The van der Waals surface area contributed by atoms with Gasteiger partial charge in [0.2, 0.25) is 0 Å². The highest BCUT2D eigenvalue weighted by atomic mass is 16.4. The summed E-state index contributed by atoms with van der Waals surface area (Å²) in [7, 11) is 0. The zero-order valence-electron chi connectivity index (χ0n) is 9.32. The number of rotatable bonds is 8. The Hall–Kier alpha value is -0.830. The van der Waals surface area contributed by atoms with E-state index in [0.29, 0.717) is 12.3 Å². The van der Waals surface area contributed by atoms with Crippen LogP contribution >= 0.6 is 0 Å². The molecule has 0 spiro atoms. The third-order valence-corrected chi connectivity index (χ3v) is 2.88. The molecule has 0 saturated carbocycles. The summed E-state index contributed by atoms with van der Waals surface area (Å²) in [5, 5.41) is 8.58. The van der Waals surface area contributed by atoms with Crippen molar-refractivity contribution in [2.24, 2.45) is 5.92 Å². The smallest absolute Gasteiger partial charge is 0.303 e. The Bertz CT molecular complexity index is 210. The average Bonchev–Trinajstić information content (AvgIpc) is 2.12. The van der Waals surface area contributed by atoms with Crippen molar-refractivity contribution in [2.45, 2.75) is 32.1 Å². The van der Waals surface area contributed by atoms with Crippen LogP contribution in [0.1, 0.15) is 32.1 Å². The fourth-order valence-electron chi connectivity index (χ4n) is 2.04. The van der Waals surface area contributed by atoms with Gasteiger partial charge in [0.05, 0.1) is 6.42 Å². The van der Waals surface area contributed by atoms with Crippen molar-refractivity contribution >= 4 is 5.97 Å². The number of carbonyl (C=O) groups is 1. The van der Waals surface area contributed by atoms with E-state index in [4.69, 9.17) is 5.11 Å². The van der Waals surface area contributed by atoms with E-state index in [0.717, 1.165) is 26.1 Å². The third kappa shape index (κ3) is 4.98. The highest BCUT2D eigenvalue weighted by molar-refractivity contribution is 5.67. The molecule has 0 bridgehead atoms. The number of carboxylic acids is 1. The molecule has 1 fully saturated rings. The number of hydrogen-bond donors (Lipinski definition) is 1. The standard InChI is InChI=1S/C12H21NO2/c1-2-3-4-5-6-7-13-9-11(10-13)8-12(14)15/h2,11H,1,3-10H2,(H,14,15). The first-order valence-corrected chi connectivity index (χ1v) is 5.77. The van der Waals surface area contributed by atoms with Crippen molar-refractivity contribution in [1.82, 2.24) is 4.90 Å². The topological polar surface area (TPSA) is 40.5 Å². The molecular weight excluding hydrogens is 190 g/mol. The molecule has 0 unspecified atom stereocenters. The van der Waals surface area contributed by atoms with Crippen molar-refractivity contribution < 1.29 is 9.90 Å². The summed E-state index contributed by atoms with van der Waals surface area (Å²) in [4.78, 5) is 12.8. The Morgan fingerprint density at radius 3 is 2.73 bits per heavy atom. The molecule has 0 aromatic carbocycles. The summed E-state index contributed by atoms with van der Waals surface area (Å²) < 4.78 is 0. The molecule has 0 radical (unpaired) electrons. The van der Waals surface area contributed by atoms with E-state index in [-0.39, 0.29) is 0 Å². The molecule has 3 heteroatoms. The summed E-state index contributed by atoms with van der Waals surface area (Å²) in [6.07, 6.45) is 7.14. The summed E-state index contributed by atoms with van der Waals surface area (Å²) in [5.74, 6) is -0.263. The van der Waals surface area contributed by atoms with Gasteiger partial charge in [-0.15, -0.1) is 6.58 Å². The molecule has 86 valence electrons. The summed E-state index contributed by atoms with van der Waals surface area (Å²) in [5.41, 5.74) is 0. The Labute approximate surface area is 91.8 Å². The van der Waals surface area contributed by atoms with Crippen molar-refractivity contribution in [1.29, 1.82) is 0 Å². The Morgan fingerprint density at radius 2 is 2.13 bits per heavy atom. The summed E-state index contributed by atoms with van der Waals surface area (Å²) >= 11 is 0. The lowest BCUT2D eigenvalue weighted by molar-refractivity contribution is -0.139. The van der Waals surface area contributed by atoms with Crippen LogP contribution in [-0.2, 0) is 4.79 Å². The minimum Gasteiger partial charge on any atom is -0.481 e. The molecule has 1 aliphatic heterocycles. The molecule has 1 rings (SSSR count). The van der Waals surface area contributed by atoms with Gasteiger partial charge in [0, 0.05) is 13.1 Å². The maximum absolute atomic E-state index is 10.4. The van der Waals surface area contributed by atoms with E-state index >= 15 is 0 Å². The van der Waals surface area contributed by atoms with E-state index in [2.05, 4.69) is 11.5 Å². The fourth-order valence-corrected chi connectivity index (χ4v) is 2.04. The van der Waals surface area contributed by atoms with Gasteiger partial charge in [0.1, 0.15) is 0 Å². The average molecular weight is 211 g/mol. The molecule has 0 aliphatic carbocycles. The van der Waals surface area contributed by atoms with Gasteiger partial charge in [0.25, 0.3) is 0 Å². The van der Waals surface area contributed by atoms with Crippen molar-refractivity contribution in [3.63, 3.8) is 0 Å². The number of carboxylic acid groups (broad SMARTS) is 1. The monoisotopic (exact) mass is 211 g/mol. The maximum Gasteiger partial charge on any atom is 0.303 e. The number of nitrogens with zero attached hydrogens (tertiary/aromatic N) is 1. The number of unbranched alkanes of at least 4 members (excludes halogenated alkanes) is 3. The van der Waals surface area contributed by atoms with E-state index in [1.54, 1.807) is 0 Å². The van der Waals surface area contributed by atoms with Gasteiger partial charge in [-0.25, -0.2) is 0 Å². The molecule has 0 aromatic rings. The van der Waals surface area contributed by atoms with Gasteiger partial charge in [-0.2, -0.15) is 0 Å². The lowest BCUT2D eigenvalue weighted by atomic mass is 9.96. The van der Waals surface area contributed by atoms with E-state index in [9.17, 15) is 4.79 Å². The molecule has 0 aromatic heterocycles. The van der Waals surface area contributed by atoms with Crippen molar-refractivity contribution in [3.8, 4) is 0 Å². The van der Waals surface area contributed by atoms with Crippen LogP contribution in [0, 0.1) is 5.92 Å². The first-order chi connectivity index (χ1) is 7.22. The van der Waals surface area contributed by atoms with E-state index in [1.807, 2.05) is 6.08 Å². The van der Waals surface area contributed by atoms with Crippen LogP contribution in [0.2, 0.25) is 0 Å². The van der Waals surface area contributed by atoms with E-state index < -0.39 is 5.97 Å². The van der Waals surface area contributed by atoms with Gasteiger partial charge in [0.15, 0.2) is 0 Å². The lowest BCUT2D eigenvalue weighted by Crippen LogP contribution is -2.47. The van der Waals surface area contributed by atoms with Gasteiger partial charge < -0.3 is 10.0 Å². The zero-order chi connectivity index (χ0) is 11.1. The van der Waals surface area contributed by atoms with Crippen LogP contribution in [0.4, 0.5) is 0 Å². The molecular formula is C12H21NO2. The lowest BCUT2D eigenvalue weighted by Gasteiger charge is -2.38. The highest BCUT2D eigenvalue weighted by Crippen LogP contribution is 2.19. The molecule has 1 saturated heterocycles. The second-order valence-corrected chi connectivity index (χ2v) is 4.36. The predicted molar refractivity (Wildman–Crippen MR) is 60.8 cm³/mol. The third-order valence-electron chi connectivity index (χ3n) is 2.88. The molecule has 1 N–H and O–H groups in total. The van der Waals surface area contributed by atoms with Gasteiger partial charge in [-0.3, -0.25) is 4.79 Å². The van der Waals surface area contributed by atoms with Crippen LogP contribution in [0.3, 0.4) is 0 Å². The molecule has 3 nitrogen and oxygen atoms in total. The SMILES string of the molecule is C=CCCCCCN1CC(CC(=O)O)C1. The van der Waals surface area contributed by atoms with Gasteiger partial charge in [-0.05, 0) is 31.7 Å². The minimum atomic E-state index is -0.661. The quantitative estimate of drug-likeness (QED) is 0.494. The first-order valence-electron chi connectivity index (χ1n) is 5.77. The Balaban J connectivity index is 1.89. The number of aliphatic carboxylic acids is 1. The summed E-state index contributed by atoms with van der Waals surface area (Å²) in [6.45, 7) is 6.78. The Morgan fingerprint density at radius 1 is 1.40 bits per heavy atom. The highest BCUT2D eigenvalue weighted by Gasteiger charge is 2.27. The van der Waals surface area contributed by atoms with Gasteiger partial charge in [-0.1, -0.05) is 12.5 Å². The zero-order valence-corrected chi connectivity index (χ0v) is 9.32.